The van der Waals surface area contributed by atoms with Crippen molar-refractivity contribution in [3.05, 3.63) is 46.8 Å². The topological polar surface area (TPSA) is 26.0 Å². The summed E-state index contributed by atoms with van der Waals surface area (Å²) in [5.74, 6) is 0. The molecule has 78 valence electrons. The minimum absolute atomic E-state index is 0.637. The van der Waals surface area contributed by atoms with Crippen LogP contribution in [-0.4, -0.2) is 0 Å². The second-order valence-corrected chi connectivity index (χ2v) is 4.69. The van der Waals surface area contributed by atoms with Gasteiger partial charge in [0.25, 0.3) is 0 Å². The molecule has 0 bridgehead atoms. The molecule has 1 aromatic heterocycles. The molecular weight excluding hydrogens is 202 g/mol. The second-order valence-electron chi connectivity index (χ2n) is 3.52. The molecule has 1 aromatic carbocycles. The molecule has 0 aliphatic carbocycles. The summed E-state index contributed by atoms with van der Waals surface area (Å²) in [7, 11) is 0. The highest BCUT2D eigenvalue weighted by Gasteiger charge is 2.01. The van der Waals surface area contributed by atoms with Crippen LogP contribution in [0.1, 0.15) is 17.4 Å². The van der Waals surface area contributed by atoms with Crippen molar-refractivity contribution < 1.29 is 0 Å². The zero-order valence-corrected chi connectivity index (χ0v) is 9.68. The van der Waals surface area contributed by atoms with Crippen LogP contribution in [0.4, 0.5) is 0 Å². The fourth-order valence-electron chi connectivity index (χ4n) is 1.55. The van der Waals surface area contributed by atoms with Gasteiger partial charge in [0.2, 0.25) is 0 Å². The SMILES string of the molecule is CCc1ccc(-c2ccc(CN)s2)cc1. The van der Waals surface area contributed by atoms with Crippen molar-refractivity contribution in [2.24, 2.45) is 5.73 Å². The number of aryl methyl sites for hydroxylation is 1. The Bertz CT molecular complexity index is 428. The van der Waals surface area contributed by atoms with Crippen LogP contribution in [0.15, 0.2) is 36.4 Å². The molecule has 2 N–H and O–H groups in total. The summed E-state index contributed by atoms with van der Waals surface area (Å²) in [5, 5.41) is 0. The van der Waals surface area contributed by atoms with Crippen LogP contribution in [0.5, 0.6) is 0 Å². The number of thiophene rings is 1. The molecule has 2 rings (SSSR count). The van der Waals surface area contributed by atoms with E-state index in [-0.39, 0.29) is 0 Å². The van der Waals surface area contributed by atoms with E-state index in [0.29, 0.717) is 6.54 Å². The second kappa shape index (κ2) is 4.60. The standard InChI is InChI=1S/C13H15NS/c1-2-10-3-5-11(6-4-10)13-8-7-12(9-14)15-13/h3-8H,2,9,14H2,1H3. The fourth-order valence-corrected chi connectivity index (χ4v) is 2.44. The van der Waals surface area contributed by atoms with Crippen LogP contribution in [0, 0.1) is 0 Å². The number of hydrogen-bond donors (Lipinski definition) is 1. The van der Waals surface area contributed by atoms with Gasteiger partial charge in [-0.1, -0.05) is 31.2 Å². The lowest BCUT2D eigenvalue weighted by atomic mass is 10.1. The maximum absolute atomic E-state index is 5.60. The predicted molar refractivity (Wildman–Crippen MR) is 67.0 cm³/mol. The third kappa shape index (κ3) is 2.28. The van der Waals surface area contributed by atoms with Gasteiger partial charge in [-0.15, -0.1) is 11.3 Å². The largest absolute Gasteiger partial charge is 0.326 e. The number of benzene rings is 1. The molecule has 0 aliphatic heterocycles. The number of nitrogens with two attached hydrogens (primary N) is 1. The average Bonchev–Trinajstić information content (AvgIpc) is 2.78. The maximum atomic E-state index is 5.60. The maximum Gasteiger partial charge on any atom is 0.0346 e. The molecule has 0 saturated carbocycles. The van der Waals surface area contributed by atoms with Crippen molar-refractivity contribution in [3.8, 4) is 10.4 Å². The van der Waals surface area contributed by atoms with Gasteiger partial charge in [0, 0.05) is 16.3 Å². The molecule has 1 nitrogen and oxygen atoms in total. The molecule has 0 fully saturated rings. The van der Waals surface area contributed by atoms with Crippen LogP contribution >= 0.6 is 11.3 Å². The van der Waals surface area contributed by atoms with Crippen molar-refractivity contribution in [2.45, 2.75) is 19.9 Å². The zero-order chi connectivity index (χ0) is 10.7. The predicted octanol–water partition coefficient (Wildman–Crippen LogP) is 3.44. The molecule has 1 heterocycles. The third-order valence-electron chi connectivity index (χ3n) is 2.51. The van der Waals surface area contributed by atoms with Gasteiger partial charge >= 0.3 is 0 Å². The van der Waals surface area contributed by atoms with Gasteiger partial charge in [-0.05, 0) is 29.7 Å². The summed E-state index contributed by atoms with van der Waals surface area (Å²) in [5.41, 5.74) is 8.27. The van der Waals surface area contributed by atoms with E-state index in [1.807, 2.05) is 0 Å². The molecule has 0 atom stereocenters. The Hall–Kier alpha value is -1.12. The average molecular weight is 217 g/mol. The van der Waals surface area contributed by atoms with Gasteiger partial charge in [-0.25, -0.2) is 0 Å². The summed E-state index contributed by atoms with van der Waals surface area (Å²) >= 11 is 1.77. The van der Waals surface area contributed by atoms with E-state index in [9.17, 15) is 0 Å². The summed E-state index contributed by atoms with van der Waals surface area (Å²) in [6.45, 7) is 2.81. The van der Waals surface area contributed by atoms with Crippen LogP contribution in [-0.2, 0) is 13.0 Å². The molecule has 2 heteroatoms. The van der Waals surface area contributed by atoms with Crippen molar-refractivity contribution >= 4 is 11.3 Å². The molecule has 15 heavy (non-hydrogen) atoms. The highest BCUT2D eigenvalue weighted by molar-refractivity contribution is 7.15. The highest BCUT2D eigenvalue weighted by atomic mass is 32.1. The lowest BCUT2D eigenvalue weighted by Crippen LogP contribution is -1.90. The van der Waals surface area contributed by atoms with E-state index in [4.69, 9.17) is 5.73 Å². The quantitative estimate of drug-likeness (QED) is 0.837. The Balaban J connectivity index is 2.28. The van der Waals surface area contributed by atoms with E-state index >= 15 is 0 Å². The molecule has 0 saturated heterocycles. The zero-order valence-electron chi connectivity index (χ0n) is 8.86. The van der Waals surface area contributed by atoms with Crippen molar-refractivity contribution in [1.29, 1.82) is 0 Å². The Morgan fingerprint density at radius 1 is 1.07 bits per heavy atom. The van der Waals surface area contributed by atoms with Gasteiger partial charge in [-0.3, -0.25) is 0 Å². The first-order valence-electron chi connectivity index (χ1n) is 5.21. The van der Waals surface area contributed by atoms with Gasteiger partial charge in [0.1, 0.15) is 0 Å². The third-order valence-corrected chi connectivity index (χ3v) is 3.67. The molecule has 0 radical (unpaired) electrons. The summed E-state index contributed by atoms with van der Waals surface area (Å²) in [6.07, 6.45) is 1.10. The van der Waals surface area contributed by atoms with Crippen LogP contribution < -0.4 is 5.73 Å². The smallest absolute Gasteiger partial charge is 0.0346 e. The van der Waals surface area contributed by atoms with E-state index in [2.05, 4.69) is 43.3 Å². The Morgan fingerprint density at radius 3 is 2.33 bits per heavy atom. The van der Waals surface area contributed by atoms with E-state index in [0.717, 1.165) is 6.42 Å². The van der Waals surface area contributed by atoms with Crippen LogP contribution in [0.2, 0.25) is 0 Å². The lowest BCUT2D eigenvalue weighted by molar-refractivity contribution is 1.11. The molecular formula is C13H15NS. The monoisotopic (exact) mass is 217 g/mol. The Morgan fingerprint density at radius 2 is 1.80 bits per heavy atom. The van der Waals surface area contributed by atoms with E-state index < -0.39 is 0 Å². The normalized spacial score (nSPS) is 10.5. The van der Waals surface area contributed by atoms with Gasteiger partial charge < -0.3 is 5.73 Å². The van der Waals surface area contributed by atoms with Gasteiger partial charge in [0.15, 0.2) is 0 Å². The number of hydrogen-bond acceptors (Lipinski definition) is 2. The molecule has 0 amide bonds. The highest BCUT2D eigenvalue weighted by Crippen LogP contribution is 2.27. The first kappa shape index (κ1) is 10.4. The molecule has 0 spiro atoms. The van der Waals surface area contributed by atoms with E-state index in [1.165, 1.54) is 20.9 Å². The summed E-state index contributed by atoms with van der Waals surface area (Å²) in [4.78, 5) is 2.54. The minimum atomic E-state index is 0.637. The van der Waals surface area contributed by atoms with Crippen molar-refractivity contribution in [3.63, 3.8) is 0 Å². The molecule has 0 aliphatic rings. The first-order chi connectivity index (χ1) is 7.33. The van der Waals surface area contributed by atoms with Crippen molar-refractivity contribution in [2.75, 3.05) is 0 Å². The first-order valence-corrected chi connectivity index (χ1v) is 6.03. The van der Waals surface area contributed by atoms with Crippen LogP contribution in [0.3, 0.4) is 0 Å². The number of rotatable bonds is 3. The Kier molecular flexibility index (Phi) is 3.19. The lowest BCUT2D eigenvalue weighted by Gasteiger charge is -1.99. The van der Waals surface area contributed by atoms with Crippen molar-refractivity contribution in [1.82, 2.24) is 0 Å². The fraction of sp³-hybridized carbons (Fsp3) is 0.231. The summed E-state index contributed by atoms with van der Waals surface area (Å²) < 4.78 is 0. The Labute approximate surface area is 94.6 Å². The summed E-state index contributed by atoms with van der Waals surface area (Å²) in [6, 6.07) is 13.0. The molecule has 0 unspecified atom stereocenters. The van der Waals surface area contributed by atoms with Crippen LogP contribution in [0.25, 0.3) is 10.4 Å². The minimum Gasteiger partial charge on any atom is -0.326 e. The van der Waals surface area contributed by atoms with E-state index in [1.54, 1.807) is 11.3 Å². The van der Waals surface area contributed by atoms with Gasteiger partial charge in [-0.2, -0.15) is 0 Å². The van der Waals surface area contributed by atoms with Gasteiger partial charge in [0.05, 0.1) is 0 Å². The molecule has 2 aromatic rings.